The zero-order valence-corrected chi connectivity index (χ0v) is 59.9. The second-order valence-electron chi connectivity index (χ2n) is 28.3. The van der Waals surface area contributed by atoms with Crippen LogP contribution in [0.15, 0.2) is 182 Å². The molecule has 9 aromatic rings. The molecule has 1 saturated heterocycles. The van der Waals surface area contributed by atoms with E-state index in [-0.39, 0.29) is 0 Å². The summed E-state index contributed by atoms with van der Waals surface area (Å²) in [4.78, 5) is 35.7. The molecule has 0 radical (unpaired) electrons. The average Bonchev–Trinajstić information content (AvgIpc) is 1.63. The number of unbranched alkanes of at least 4 members (excludes halogenated alkanes) is 15. The summed E-state index contributed by atoms with van der Waals surface area (Å²) in [6.07, 6.45) is 36.2. The third-order valence-corrected chi connectivity index (χ3v) is 21.0. The first kappa shape index (κ1) is 69.8. The van der Waals surface area contributed by atoms with Gasteiger partial charge in [-0.3, -0.25) is 0 Å². The van der Waals surface area contributed by atoms with Gasteiger partial charge < -0.3 is 33.8 Å². The first-order chi connectivity index (χ1) is 49.8. The maximum absolute atomic E-state index is 14.0. The van der Waals surface area contributed by atoms with Crippen molar-refractivity contribution in [1.29, 1.82) is 0 Å². The molecule has 4 aliphatic rings. The van der Waals surface area contributed by atoms with Gasteiger partial charge in [0, 0.05) is 63.1 Å². The summed E-state index contributed by atoms with van der Waals surface area (Å²) in [6, 6.07) is 60.5. The molecule has 101 heavy (non-hydrogen) atoms. The number of fused-ring (bicyclic) bond motifs is 9. The van der Waals surface area contributed by atoms with Gasteiger partial charge in [0.25, 0.3) is 0 Å². The van der Waals surface area contributed by atoms with E-state index >= 15 is 0 Å². The van der Waals surface area contributed by atoms with Crippen LogP contribution in [-0.4, -0.2) is 58.8 Å². The van der Waals surface area contributed by atoms with E-state index in [0.717, 1.165) is 145 Å². The number of carbonyl (C=O) groups excluding carboxylic acids is 1. The lowest BCUT2D eigenvalue weighted by Crippen LogP contribution is -2.23. The van der Waals surface area contributed by atoms with Crippen molar-refractivity contribution in [3.63, 3.8) is 0 Å². The molecule has 4 atom stereocenters. The number of benzene rings is 6. The SMILES string of the molecule is CCCCCCCCOc1ccc(-c2c3nc(c(-c4ccc(OCCCCCCCC)cc4)c4ccc([nH]4)c(-c4ccc(OC(=O)c5ccc(N6C[C@@H]7[C@H](C6)[C@@H](/C=C/c6ccccc6)C[C@H]7C)cc5)cc4)c4nc(c(-c5ccc(OCCCCCCCC)cc5)c5ccc2[nH]5)C=C4)C=C3)cc1. The van der Waals surface area contributed by atoms with Crippen LogP contribution in [0.4, 0.5) is 5.69 Å². The predicted octanol–water partition coefficient (Wildman–Crippen LogP) is 24.2. The van der Waals surface area contributed by atoms with Crippen LogP contribution in [0.1, 0.15) is 188 Å². The smallest absolute Gasteiger partial charge is 0.343 e. The van der Waals surface area contributed by atoms with Gasteiger partial charge in [0.05, 0.1) is 48.2 Å². The number of allylic oxidation sites excluding steroid dienone is 1. The summed E-state index contributed by atoms with van der Waals surface area (Å²) in [7, 11) is 0. The number of aromatic nitrogens is 4. The van der Waals surface area contributed by atoms with E-state index in [1.165, 1.54) is 108 Å². The number of ether oxygens (including phenoxy) is 4. The fraction of sp³-hybridized carbons (Fsp3) is 0.352. The van der Waals surface area contributed by atoms with Gasteiger partial charge in [0.15, 0.2) is 0 Å². The maximum atomic E-state index is 14.0. The number of anilines is 1. The molecule has 3 aromatic heterocycles. The van der Waals surface area contributed by atoms with Gasteiger partial charge in [-0.15, -0.1) is 0 Å². The molecular formula is C91H101N5O5. The third-order valence-electron chi connectivity index (χ3n) is 21.0. The molecule has 6 heterocycles. The van der Waals surface area contributed by atoms with Crippen LogP contribution >= 0.6 is 0 Å². The summed E-state index contributed by atoms with van der Waals surface area (Å²) in [5.74, 6) is 5.04. The van der Waals surface area contributed by atoms with Crippen LogP contribution < -0.4 is 23.8 Å². The lowest BCUT2D eigenvalue weighted by atomic mass is 9.90. The molecule has 10 heteroatoms. The quantitative estimate of drug-likeness (QED) is 0.0238. The summed E-state index contributed by atoms with van der Waals surface area (Å²) in [6.45, 7) is 13.3. The molecule has 2 fully saturated rings. The molecule has 0 spiro atoms. The highest BCUT2D eigenvalue weighted by Crippen LogP contribution is 2.48. The number of aromatic amines is 2. The molecule has 0 unspecified atom stereocenters. The Bertz CT molecular complexity index is 4390. The molecule has 10 nitrogen and oxygen atoms in total. The maximum Gasteiger partial charge on any atom is 0.343 e. The molecule has 8 bridgehead atoms. The van der Waals surface area contributed by atoms with Crippen molar-refractivity contribution in [3.05, 3.63) is 216 Å². The fourth-order valence-corrected chi connectivity index (χ4v) is 15.4. The summed E-state index contributed by atoms with van der Waals surface area (Å²) >= 11 is 0. The largest absolute Gasteiger partial charge is 0.494 e. The number of hydrogen-bond acceptors (Lipinski definition) is 8. The van der Waals surface area contributed by atoms with Gasteiger partial charge in [0.2, 0.25) is 0 Å². The van der Waals surface area contributed by atoms with Gasteiger partial charge >= 0.3 is 5.97 Å². The minimum atomic E-state index is -0.403. The van der Waals surface area contributed by atoms with E-state index < -0.39 is 5.97 Å². The van der Waals surface area contributed by atoms with E-state index in [1.54, 1.807) is 0 Å². The first-order valence-corrected chi connectivity index (χ1v) is 38.0. The highest BCUT2D eigenvalue weighted by atomic mass is 16.5. The Morgan fingerprint density at radius 3 is 1.19 bits per heavy atom. The van der Waals surface area contributed by atoms with Crippen LogP contribution in [0.5, 0.6) is 23.0 Å². The molecule has 1 aliphatic carbocycles. The molecule has 6 aromatic carbocycles. The van der Waals surface area contributed by atoms with E-state index in [1.807, 2.05) is 36.4 Å². The van der Waals surface area contributed by atoms with Crippen molar-refractivity contribution >= 4 is 64.1 Å². The summed E-state index contributed by atoms with van der Waals surface area (Å²) in [5.41, 5.74) is 17.3. The normalized spacial score (nSPS) is 16.1. The summed E-state index contributed by atoms with van der Waals surface area (Å²) in [5, 5.41) is 0. The van der Waals surface area contributed by atoms with Crippen LogP contribution in [0, 0.1) is 23.7 Å². The van der Waals surface area contributed by atoms with Crippen molar-refractivity contribution in [2.45, 2.75) is 150 Å². The second-order valence-corrected chi connectivity index (χ2v) is 28.3. The Hall–Kier alpha value is -9.67. The number of nitrogens with one attached hydrogen (secondary N) is 2. The first-order valence-electron chi connectivity index (χ1n) is 38.0. The van der Waals surface area contributed by atoms with Crippen LogP contribution in [0.25, 0.3) is 97.0 Å². The van der Waals surface area contributed by atoms with Crippen LogP contribution in [-0.2, 0) is 0 Å². The van der Waals surface area contributed by atoms with E-state index in [0.29, 0.717) is 54.8 Å². The fourth-order valence-electron chi connectivity index (χ4n) is 15.4. The average molecular weight is 1340 g/mol. The lowest BCUT2D eigenvalue weighted by Gasteiger charge is -2.22. The van der Waals surface area contributed by atoms with E-state index in [2.05, 4.69) is 219 Å². The highest BCUT2D eigenvalue weighted by molar-refractivity contribution is 6.00. The van der Waals surface area contributed by atoms with Crippen molar-refractivity contribution < 1.29 is 23.7 Å². The molecule has 1 saturated carbocycles. The van der Waals surface area contributed by atoms with Crippen molar-refractivity contribution in [3.8, 4) is 67.5 Å². The monoisotopic (exact) mass is 1340 g/mol. The standard InChI is InChI=1S/C91H101N5O5/c1-5-8-11-14-17-23-58-98-73-42-32-66(33-43-73)87-79-50-52-81(92-79)88(67-34-44-74(45-35-67)99-59-24-18-15-12-9-6-2)83-54-56-85(94-83)90(86-57-55-84(95-86)89(82-53-51-80(87)93-82)68-36-46-75(47-37-68)100-60-25-19-16-13-10-7-3)69-38-48-76(49-39-69)101-91(97)70-30-40-72(41-31-70)96-62-77-64(4)61-71(78(77)63-96)29-28-65-26-21-20-22-27-65/h20-22,26-57,64,71,77-78,92,95H,5-19,23-25,58-63H2,1-4H3/b29-28+,87-79?,87-80?,88-81?,88-83?,89-82?,89-84?,90-85?,90-86?/t64-,71+,77+,78-/m1/s1. The minimum Gasteiger partial charge on any atom is -0.494 e. The Kier molecular flexibility index (Phi) is 23.9. The number of hydrogen-bond donors (Lipinski definition) is 2. The highest BCUT2D eigenvalue weighted by Gasteiger charge is 2.45. The Labute approximate surface area is 599 Å². The summed E-state index contributed by atoms with van der Waals surface area (Å²) < 4.78 is 25.2. The van der Waals surface area contributed by atoms with Crippen molar-refractivity contribution in [1.82, 2.24) is 19.9 Å². The molecule has 520 valence electrons. The van der Waals surface area contributed by atoms with Crippen molar-refractivity contribution in [2.24, 2.45) is 23.7 Å². The van der Waals surface area contributed by atoms with E-state index in [4.69, 9.17) is 28.9 Å². The van der Waals surface area contributed by atoms with E-state index in [9.17, 15) is 4.79 Å². The zero-order chi connectivity index (χ0) is 69.1. The number of nitrogens with zero attached hydrogens (tertiary/aromatic N) is 3. The van der Waals surface area contributed by atoms with Crippen molar-refractivity contribution in [2.75, 3.05) is 37.8 Å². The Morgan fingerprint density at radius 2 is 0.792 bits per heavy atom. The Morgan fingerprint density at radius 1 is 0.426 bits per heavy atom. The topological polar surface area (TPSA) is 115 Å². The van der Waals surface area contributed by atoms with Gasteiger partial charge in [0.1, 0.15) is 23.0 Å². The Balaban J connectivity index is 0.857. The number of rotatable bonds is 33. The molecule has 3 aliphatic heterocycles. The molecule has 0 amide bonds. The van der Waals surface area contributed by atoms with Crippen LogP contribution in [0.3, 0.4) is 0 Å². The number of carbonyl (C=O) groups is 1. The zero-order valence-electron chi connectivity index (χ0n) is 59.9. The number of H-pyrrole nitrogens is 2. The van der Waals surface area contributed by atoms with Gasteiger partial charge in [-0.1, -0.05) is 215 Å². The van der Waals surface area contributed by atoms with Gasteiger partial charge in [-0.25, -0.2) is 14.8 Å². The molecule has 13 rings (SSSR count). The molecule has 2 N–H and O–H groups in total. The van der Waals surface area contributed by atoms with Gasteiger partial charge in [-0.05, 0) is 199 Å². The number of esters is 1. The van der Waals surface area contributed by atoms with Gasteiger partial charge in [-0.2, -0.15) is 0 Å². The second kappa shape index (κ2) is 34.6. The lowest BCUT2D eigenvalue weighted by molar-refractivity contribution is 0.0734. The third kappa shape index (κ3) is 17.6. The predicted molar refractivity (Wildman–Crippen MR) is 421 cm³/mol. The van der Waals surface area contributed by atoms with Crippen LogP contribution in [0.2, 0.25) is 0 Å². The minimum absolute atomic E-state index is 0.403. The molecular weight excluding hydrogens is 1240 g/mol.